The molecule has 0 aromatic carbocycles. The zero-order chi connectivity index (χ0) is 8.15. The summed E-state index contributed by atoms with van der Waals surface area (Å²) in [7, 11) is -10.2. The predicted octanol–water partition coefficient (Wildman–Crippen LogP) is -0.0994. The molecule has 1 aliphatic heterocycles. The molecule has 1 saturated heterocycles. The molecule has 0 amide bonds. The van der Waals surface area contributed by atoms with E-state index in [-0.39, 0.29) is 0 Å². The fourth-order valence-corrected chi connectivity index (χ4v) is 5.10. The van der Waals surface area contributed by atoms with Crippen LogP contribution in [0.1, 0.15) is 0 Å². The Hall–Kier alpha value is 0.0738. The van der Waals surface area contributed by atoms with Gasteiger partial charge in [0, 0.05) is 0 Å². The van der Waals surface area contributed by atoms with Crippen LogP contribution >= 0.6 is 0 Å². The number of hydrogen-bond donors (Lipinski definition) is 2. The molecule has 0 bridgehead atoms. The first-order valence-electron chi connectivity index (χ1n) is 2.33. The third-order valence-corrected chi connectivity index (χ3v) is 7.83. The molecule has 1 fully saturated rings. The summed E-state index contributed by atoms with van der Waals surface area (Å²) in [6, 6.07) is 0. The van der Waals surface area contributed by atoms with E-state index >= 15 is 0 Å². The molecule has 0 aromatic rings. The van der Waals surface area contributed by atoms with Crippen molar-refractivity contribution in [2.75, 3.05) is 0 Å². The van der Waals surface area contributed by atoms with E-state index in [1.807, 2.05) is 0 Å². The van der Waals surface area contributed by atoms with Crippen molar-refractivity contribution in [3.8, 4) is 0 Å². The Labute approximate surface area is 56.9 Å². The lowest BCUT2D eigenvalue weighted by molar-refractivity contribution is 0.519. The van der Waals surface area contributed by atoms with Gasteiger partial charge in [-0.2, -0.15) is 0 Å². The molecule has 0 unspecified atom stereocenters. The van der Waals surface area contributed by atoms with Gasteiger partial charge in [-0.1, -0.05) is 0 Å². The molecule has 0 aliphatic carbocycles. The van der Waals surface area contributed by atoms with Crippen molar-refractivity contribution in [2.45, 2.75) is 0 Å². The van der Waals surface area contributed by atoms with Gasteiger partial charge in [0.05, 0.1) is 0 Å². The Kier molecular flexibility index (Phi) is 1.48. The van der Waals surface area contributed by atoms with E-state index in [4.69, 9.17) is 0 Å². The highest BCUT2D eigenvalue weighted by atomic mass is 28.5. The zero-order valence-corrected chi connectivity index (χ0v) is 6.67. The van der Waals surface area contributed by atoms with E-state index in [0.717, 1.165) is 0 Å². The van der Waals surface area contributed by atoms with Gasteiger partial charge in [-0.15, -0.1) is 0 Å². The van der Waals surface area contributed by atoms with Gasteiger partial charge >= 0.3 is 17.5 Å². The molecule has 1 aliphatic rings. The molecule has 58 valence electrons. The second kappa shape index (κ2) is 1.81. The molecule has 0 aromatic heterocycles. The highest BCUT2D eigenvalue weighted by Crippen LogP contribution is 2.49. The summed E-state index contributed by atoms with van der Waals surface area (Å²) >= 11 is 0. The molecule has 1 heterocycles. The number of rotatable bonds is 0. The van der Waals surface area contributed by atoms with Crippen molar-refractivity contribution in [2.24, 2.45) is 11.5 Å². The Balaban J connectivity index is 2.78. The van der Waals surface area contributed by atoms with Crippen LogP contribution in [0.2, 0.25) is 0 Å². The van der Waals surface area contributed by atoms with Gasteiger partial charge in [-0.3, -0.25) is 16.4 Å². The monoisotopic (exact) mass is 188 g/mol. The van der Waals surface area contributed by atoms with Crippen LogP contribution in [0.25, 0.3) is 0 Å². The first kappa shape index (κ1) is 8.17. The van der Waals surface area contributed by atoms with Crippen molar-refractivity contribution in [1.29, 1.82) is 0 Å². The molecule has 4 N–H and O–H groups in total. The molecule has 0 spiro atoms. The van der Waals surface area contributed by atoms with E-state index in [0.29, 0.717) is 0 Å². The SMILES string of the molecule is N[C]1[Si](F)(F)[C](N)[Si]1(F)F. The molecular formula is C2H4F4N2Si2. The van der Waals surface area contributed by atoms with Gasteiger partial charge < -0.3 is 11.5 Å². The molecule has 0 atom stereocenters. The normalized spacial score (nSPS) is 31.8. The van der Waals surface area contributed by atoms with Crippen LogP contribution in [-0.4, -0.2) is 17.5 Å². The summed E-state index contributed by atoms with van der Waals surface area (Å²) in [5.74, 6) is 0. The van der Waals surface area contributed by atoms with E-state index in [1.54, 1.807) is 0 Å². The largest absolute Gasteiger partial charge is 0.471 e. The Bertz CT molecular complexity index is 131. The third kappa shape index (κ3) is 0.697. The summed E-state index contributed by atoms with van der Waals surface area (Å²) in [5.41, 5.74) is 8.93. The first-order valence-corrected chi connectivity index (χ1v) is 5.85. The third-order valence-electron chi connectivity index (χ3n) is 1.35. The summed E-state index contributed by atoms with van der Waals surface area (Å²) < 4.78 is 48.8. The average molecular weight is 188 g/mol. The lowest BCUT2D eigenvalue weighted by atomic mass is 11.4. The summed E-state index contributed by atoms with van der Waals surface area (Å²) in [6.45, 7) is 0. The second-order valence-corrected chi connectivity index (χ2v) is 7.43. The van der Waals surface area contributed by atoms with Crippen molar-refractivity contribution in [3.05, 3.63) is 10.6 Å². The summed E-state index contributed by atoms with van der Waals surface area (Å²) in [6.07, 6.45) is 0. The van der Waals surface area contributed by atoms with Gasteiger partial charge in [0.1, 0.15) is 10.6 Å². The molecule has 10 heavy (non-hydrogen) atoms. The molecule has 0 saturated carbocycles. The van der Waals surface area contributed by atoms with Crippen LogP contribution in [0.15, 0.2) is 0 Å². The van der Waals surface area contributed by atoms with Crippen LogP contribution in [0.5, 0.6) is 0 Å². The van der Waals surface area contributed by atoms with E-state index in [2.05, 4.69) is 11.5 Å². The summed E-state index contributed by atoms with van der Waals surface area (Å²) in [4.78, 5) is 0. The fourth-order valence-electron chi connectivity index (χ4n) is 0.622. The standard InChI is InChI=1S/C2H4F4N2Si2/c3-9(4)1(7)10(5,6)2(9)8/h7-8H2. The molecule has 1 rings (SSSR count). The highest BCUT2D eigenvalue weighted by Gasteiger charge is 2.82. The number of hydrogen-bond acceptors (Lipinski definition) is 2. The van der Waals surface area contributed by atoms with Gasteiger partial charge in [0.25, 0.3) is 0 Å². The van der Waals surface area contributed by atoms with E-state index in [1.165, 1.54) is 0 Å². The van der Waals surface area contributed by atoms with Crippen molar-refractivity contribution < 1.29 is 16.4 Å². The highest BCUT2D eigenvalue weighted by molar-refractivity contribution is 7.16. The van der Waals surface area contributed by atoms with Gasteiger partial charge in [0.15, 0.2) is 0 Å². The van der Waals surface area contributed by atoms with Crippen molar-refractivity contribution in [1.82, 2.24) is 0 Å². The first-order chi connectivity index (χ1) is 4.31. The van der Waals surface area contributed by atoms with Gasteiger partial charge in [0.2, 0.25) is 0 Å². The van der Waals surface area contributed by atoms with Crippen LogP contribution in [0.4, 0.5) is 16.4 Å². The Morgan fingerprint density at radius 3 is 1.10 bits per heavy atom. The Morgan fingerprint density at radius 2 is 1.00 bits per heavy atom. The lowest BCUT2D eigenvalue weighted by Gasteiger charge is -2.40. The maximum absolute atomic E-state index is 12.2. The van der Waals surface area contributed by atoms with Gasteiger partial charge in [-0.25, -0.2) is 0 Å². The van der Waals surface area contributed by atoms with Crippen LogP contribution in [0.3, 0.4) is 0 Å². The topological polar surface area (TPSA) is 52.0 Å². The van der Waals surface area contributed by atoms with Gasteiger partial charge in [-0.05, 0) is 0 Å². The van der Waals surface area contributed by atoms with Crippen molar-refractivity contribution in [3.63, 3.8) is 0 Å². The minimum Gasteiger partial charge on any atom is -0.320 e. The number of nitrogens with two attached hydrogens (primary N) is 2. The molecule has 8 heteroatoms. The van der Waals surface area contributed by atoms with Crippen molar-refractivity contribution >= 4 is 17.5 Å². The predicted molar refractivity (Wildman–Crippen MR) is 30.8 cm³/mol. The van der Waals surface area contributed by atoms with Crippen LogP contribution < -0.4 is 11.5 Å². The molecular weight excluding hydrogens is 184 g/mol. The van der Waals surface area contributed by atoms with E-state index < -0.39 is 28.1 Å². The average Bonchev–Trinajstić information content (AvgIpc) is 1.84. The fraction of sp³-hybridized carbons (Fsp3) is 0. The Morgan fingerprint density at radius 1 is 0.800 bits per heavy atom. The minimum atomic E-state index is -5.09. The lowest BCUT2D eigenvalue weighted by Crippen LogP contribution is -2.76. The smallest absolute Gasteiger partial charge is 0.320 e. The minimum absolute atomic E-state index is 1.39. The van der Waals surface area contributed by atoms with Crippen LogP contribution in [0, 0.1) is 10.6 Å². The van der Waals surface area contributed by atoms with Crippen LogP contribution in [-0.2, 0) is 0 Å². The zero-order valence-electron chi connectivity index (χ0n) is 4.67. The summed E-state index contributed by atoms with van der Waals surface area (Å²) in [5, 5.41) is -2.78. The molecule has 2 radical (unpaired) electrons. The van der Waals surface area contributed by atoms with E-state index in [9.17, 15) is 16.4 Å². The maximum Gasteiger partial charge on any atom is 0.471 e. The maximum atomic E-state index is 12.2. The molecule has 2 nitrogen and oxygen atoms in total. The quantitative estimate of drug-likeness (QED) is 0.317. The second-order valence-electron chi connectivity index (χ2n) is 1.98. The number of halogens is 4.